The van der Waals surface area contributed by atoms with Crippen molar-refractivity contribution in [2.45, 2.75) is 64.5 Å². The van der Waals surface area contributed by atoms with Crippen LogP contribution in [0.5, 0.6) is 17.2 Å². The highest BCUT2D eigenvalue weighted by molar-refractivity contribution is 7.51. The molecule has 8 nitrogen and oxygen atoms in total. The van der Waals surface area contributed by atoms with Gasteiger partial charge in [-0.25, -0.2) is 0 Å². The Kier molecular flexibility index (Phi) is 11.3. The molecule has 3 unspecified atom stereocenters. The van der Waals surface area contributed by atoms with Crippen molar-refractivity contribution in [3.8, 4) is 17.2 Å². The Morgan fingerprint density at radius 3 is 2.64 bits per heavy atom. The van der Waals surface area contributed by atoms with Crippen LogP contribution in [0.2, 0.25) is 0 Å². The summed E-state index contributed by atoms with van der Waals surface area (Å²) in [5.74, 6) is 1.21. The third kappa shape index (κ3) is 8.93. The first-order valence-corrected chi connectivity index (χ1v) is 14.4. The van der Waals surface area contributed by atoms with Gasteiger partial charge in [0.05, 0.1) is 13.8 Å². The molecule has 0 fully saturated rings. The number of carbonyl (C=O) groups excluding carboxylic acids is 1. The monoisotopic (exact) mass is 518 g/mol. The molecule has 5 N–H and O–H groups in total. The molecular formula is C27H39N2O6P. The first-order valence-electron chi connectivity index (χ1n) is 12.7. The normalized spacial score (nSPS) is 15.5. The van der Waals surface area contributed by atoms with Gasteiger partial charge in [-0.1, -0.05) is 31.9 Å². The largest absolute Gasteiger partial charge is 0.506 e. The molecule has 0 bridgehead atoms. The number of rotatable bonds is 15. The number of carbonyl (C=O) groups is 1. The van der Waals surface area contributed by atoms with Crippen LogP contribution in [-0.2, 0) is 17.6 Å². The van der Waals surface area contributed by atoms with Gasteiger partial charge in [-0.2, -0.15) is 0 Å². The summed E-state index contributed by atoms with van der Waals surface area (Å²) in [7, 11) is -1.07. The van der Waals surface area contributed by atoms with Crippen LogP contribution in [0.25, 0.3) is 0 Å². The number of nitrogens with one attached hydrogen (secondary N) is 2. The molecule has 1 aliphatic rings. The van der Waals surface area contributed by atoms with Crippen molar-refractivity contribution in [3.63, 3.8) is 0 Å². The number of fused-ring (bicyclic) bond motifs is 1. The Morgan fingerprint density at radius 1 is 1.11 bits per heavy atom. The average Bonchev–Trinajstić information content (AvgIpc) is 2.87. The molecule has 1 aliphatic heterocycles. The lowest BCUT2D eigenvalue weighted by atomic mass is 10.0. The van der Waals surface area contributed by atoms with E-state index in [1.807, 2.05) is 24.3 Å². The second kappa shape index (κ2) is 14.4. The number of aromatic hydroxyl groups is 1. The minimum absolute atomic E-state index is 0.0156. The van der Waals surface area contributed by atoms with Crippen LogP contribution in [0.4, 0.5) is 5.69 Å². The topological polar surface area (TPSA) is 120 Å². The van der Waals surface area contributed by atoms with E-state index in [1.165, 1.54) is 6.07 Å². The molecular weight excluding hydrogens is 479 g/mol. The number of hydrogen-bond acceptors (Lipinski definition) is 7. The second-order valence-electron chi connectivity index (χ2n) is 9.32. The van der Waals surface area contributed by atoms with Crippen LogP contribution in [-0.4, -0.2) is 58.8 Å². The standard InChI is InChI=1S/C27H39N2O6P/c1-3-4-5-14-36(33)18-35-22-8-6-20(7-9-22)15-19(2)28-16-21(30)17-34-25-12-11-24(31)27-23(25)10-13-26(32)29-27/h6-9,11-12,19,21,28,30-31,33H,3-5,10,13-18H2,1-2H3,(H,29,32). The molecule has 1 amide bonds. The highest BCUT2D eigenvalue weighted by Crippen LogP contribution is 2.38. The van der Waals surface area contributed by atoms with Gasteiger partial charge in [-0.3, -0.25) is 4.79 Å². The van der Waals surface area contributed by atoms with Crippen molar-refractivity contribution < 1.29 is 29.4 Å². The molecule has 0 aliphatic carbocycles. The minimum Gasteiger partial charge on any atom is -0.506 e. The highest BCUT2D eigenvalue weighted by atomic mass is 31.1. The van der Waals surface area contributed by atoms with E-state index in [9.17, 15) is 19.9 Å². The summed E-state index contributed by atoms with van der Waals surface area (Å²) in [5, 5.41) is 26.4. The number of aliphatic hydroxyl groups excluding tert-OH is 1. The molecule has 2 aromatic carbocycles. The van der Waals surface area contributed by atoms with Gasteiger partial charge < -0.3 is 35.2 Å². The third-order valence-electron chi connectivity index (χ3n) is 6.11. The SMILES string of the molecule is CCCCCP(O)COc1ccc(CC(C)NCC(O)COc2ccc(O)c3c2CCC(=O)N3)cc1. The molecule has 3 rings (SSSR count). The van der Waals surface area contributed by atoms with Crippen LogP contribution in [0, 0.1) is 0 Å². The van der Waals surface area contributed by atoms with E-state index in [0.29, 0.717) is 37.2 Å². The predicted molar refractivity (Wildman–Crippen MR) is 143 cm³/mol. The lowest BCUT2D eigenvalue weighted by Crippen LogP contribution is -2.37. The summed E-state index contributed by atoms with van der Waals surface area (Å²) in [6.07, 6.45) is 5.45. The highest BCUT2D eigenvalue weighted by Gasteiger charge is 2.22. The summed E-state index contributed by atoms with van der Waals surface area (Å²) < 4.78 is 11.5. The van der Waals surface area contributed by atoms with Crippen molar-refractivity contribution >= 4 is 19.7 Å². The van der Waals surface area contributed by atoms with Crippen LogP contribution in [0.15, 0.2) is 36.4 Å². The van der Waals surface area contributed by atoms with Crippen LogP contribution >= 0.6 is 8.15 Å². The maximum atomic E-state index is 11.6. The van der Waals surface area contributed by atoms with E-state index in [1.54, 1.807) is 6.07 Å². The maximum absolute atomic E-state index is 11.6. The first-order chi connectivity index (χ1) is 17.4. The molecule has 1 heterocycles. The summed E-state index contributed by atoms with van der Waals surface area (Å²) >= 11 is 0. The number of ether oxygens (including phenoxy) is 2. The van der Waals surface area contributed by atoms with E-state index >= 15 is 0 Å². The Morgan fingerprint density at radius 2 is 1.89 bits per heavy atom. The zero-order chi connectivity index (χ0) is 25.9. The summed E-state index contributed by atoms with van der Waals surface area (Å²) in [6, 6.07) is 11.2. The van der Waals surface area contributed by atoms with Crippen molar-refractivity contribution in [1.82, 2.24) is 5.32 Å². The van der Waals surface area contributed by atoms with Gasteiger partial charge >= 0.3 is 0 Å². The van der Waals surface area contributed by atoms with Gasteiger partial charge in [0.25, 0.3) is 0 Å². The van der Waals surface area contributed by atoms with Crippen molar-refractivity contribution in [2.75, 3.05) is 31.0 Å². The summed E-state index contributed by atoms with van der Waals surface area (Å²) in [5.41, 5.74) is 2.30. The predicted octanol–water partition coefficient (Wildman–Crippen LogP) is 4.15. The van der Waals surface area contributed by atoms with E-state index < -0.39 is 14.3 Å². The molecule has 198 valence electrons. The van der Waals surface area contributed by atoms with E-state index in [4.69, 9.17) is 9.47 Å². The zero-order valence-corrected chi connectivity index (χ0v) is 22.1. The van der Waals surface area contributed by atoms with Gasteiger partial charge in [0.15, 0.2) is 0 Å². The number of phenolic OH excluding ortho intramolecular Hbond substituents is 1. The molecule has 0 aromatic heterocycles. The first kappa shape index (κ1) is 28.2. The fourth-order valence-corrected chi connectivity index (χ4v) is 5.08. The number of aliphatic hydroxyl groups is 1. The average molecular weight is 519 g/mol. The summed E-state index contributed by atoms with van der Waals surface area (Å²) in [4.78, 5) is 21.7. The molecule has 0 radical (unpaired) electrons. The van der Waals surface area contributed by atoms with E-state index in [2.05, 4.69) is 24.5 Å². The third-order valence-corrected chi connectivity index (χ3v) is 7.37. The van der Waals surface area contributed by atoms with Crippen molar-refractivity contribution in [1.29, 1.82) is 0 Å². The Bertz CT molecular complexity index is 971. The lowest BCUT2D eigenvalue weighted by molar-refractivity contribution is -0.116. The summed E-state index contributed by atoms with van der Waals surface area (Å²) in [6.45, 7) is 4.69. The molecule has 9 heteroatoms. The van der Waals surface area contributed by atoms with E-state index in [0.717, 1.165) is 48.7 Å². The zero-order valence-electron chi connectivity index (χ0n) is 21.2. The van der Waals surface area contributed by atoms with Gasteiger partial charge in [-0.05, 0) is 62.2 Å². The number of benzene rings is 2. The fraction of sp³-hybridized carbons (Fsp3) is 0.519. The second-order valence-corrected chi connectivity index (χ2v) is 11.0. The Labute approximate surface area is 214 Å². The Hall–Kier alpha value is -2.38. The van der Waals surface area contributed by atoms with Gasteiger partial charge in [-0.15, -0.1) is 0 Å². The molecule has 0 saturated heterocycles. The molecule has 0 saturated carbocycles. The molecule has 0 spiro atoms. The van der Waals surface area contributed by atoms with Crippen LogP contribution < -0.4 is 20.1 Å². The number of unbranched alkanes of at least 4 members (excludes halogenated alkanes) is 2. The van der Waals surface area contributed by atoms with Crippen LogP contribution in [0.1, 0.15) is 50.7 Å². The van der Waals surface area contributed by atoms with Crippen LogP contribution in [0.3, 0.4) is 0 Å². The Balaban J connectivity index is 1.37. The van der Waals surface area contributed by atoms with Gasteiger partial charge in [0, 0.05) is 24.6 Å². The lowest BCUT2D eigenvalue weighted by Gasteiger charge is -2.22. The maximum Gasteiger partial charge on any atom is 0.224 e. The smallest absolute Gasteiger partial charge is 0.224 e. The molecule has 36 heavy (non-hydrogen) atoms. The quantitative estimate of drug-likeness (QED) is 0.136. The molecule has 3 atom stereocenters. The van der Waals surface area contributed by atoms with Gasteiger partial charge in [0.1, 0.15) is 36.3 Å². The number of anilines is 1. The minimum atomic E-state index is -1.07. The van der Waals surface area contributed by atoms with Crippen molar-refractivity contribution in [3.05, 3.63) is 47.5 Å². The fourth-order valence-electron chi connectivity index (χ4n) is 4.07. The number of hydrogen-bond donors (Lipinski definition) is 5. The van der Waals surface area contributed by atoms with E-state index in [-0.39, 0.29) is 24.3 Å². The number of phenols is 1. The van der Waals surface area contributed by atoms with Crippen molar-refractivity contribution in [2.24, 2.45) is 0 Å². The molecule has 2 aromatic rings. The number of amides is 1. The van der Waals surface area contributed by atoms with Gasteiger partial charge in [0.2, 0.25) is 5.91 Å².